The fraction of sp³-hybridized carbons (Fsp3) is 1.00. The van der Waals surface area contributed by atoms with Gasteiger partial charge >= 0.3 is 0 Å². The minimum atomic E-state index is -1.10. The number of aliphatic hydroxyl groups excluding tert-OH is 2. The van der Waals surface area contributed by atoms with Crippen molar-refractivity contribution in [3.8, 4) is 0 Å². The Balaban J connectivity index is 0. The lowest BCUT2D eigenvalue weighted by Gasteiger charge is -2.04. The van der Waals surface area contributed by atoms with Crippen molar-refractivity contribution >= 4 is 0 Å². The van der Waals surface area contributed by atoms with Crippen LogP contribution in [-0.2, 0) is 0 Å². The third-order valence-corrected chi connectivity index (χ3v) is 8.88. The van der Waals surface area contributed by atoms with Gasteiger partial charge in [-0.3, -0.25) is 0 Å². The highest BCUT2D eigenvalue weighted by Crippen LogP contribution is 2.16. The van der Waals surface area contributed by atoms with Gasteiger partial charge in [-0.25, -0.2) is 0 Å². The summed E-state index contributed by atoms with van der Waals surface area (Å²) in [6.45, 7) is 4.56. The molecule has 0 bridgehead atoms. The van der Waals surface area contributed by atoms with Crippen LogP contribution in [0.4, 0.5) is 0 Å². The Bertz CT molecular complexity index is 455. The summed E-state index contributed by atoms with van der Waals surface area (Å²) in [5, 5.41) is 34.9. The molecule has 0 saturated carbocycles. The van der Waals surface area contributed by atoms with E-state index in [1.54, 1.807) is 0 Å². The lowest BCUT2D eigenvalue weighted by Crippen LogP contribution is -2.02. The molecule has 4 heteroatoms. The molecule has 0 fully saturated rings. The number of hydrogen-bond donors (Lipinski definition) is 4. The highest BCUT2D eigenvalue weighted by atomic mass is 16.5. The van der Waals surface area contributed by atoms with Crippen LogP contribution in [0.2, 0.25) is 0 Å². The number of aliphatic hydroxyl groups is 4. The van der Waals surface area contributed by atoms with Crippen LogP contribution >= 0.6 is 0 Å². The maximum Gasteiger partial charge on any atom is 0.151 e. The van der Waals surface area contributed by atoms with Gasteiger partial charge in [-0.1, -0.05) is 213 Å². The number of hydrogen-bond acceptors (Lipinski definition) is 4. The molecule has 0 aliphatic rings. The van der Waals surface area contributed by atoms with Crippen molar-refractivity contribution in [2.24, 2.45) is 0 Å². The molecule has 0 aliphatic carbocycles. The molecule has 262 valence electrons. The Hall–Kier alpha value is -0.160. The average molecular weight is 615 g/mol. The Morgan fingerprint density at radius 1 is 0.233 bits per heavy atom. The van der Waals surface area contributed by atoms with Gasteiger partial charge < -0.3 is 20.4 Å². The third-order valence-electron chi connectivity index (χ3n) is 8.88. The van der Waals surface area contributed by atoms with Gasteiger partial charge in [0.05, 0.1) is 0 Å². The van der Waals surface area contributed by atoms with Crippen LogP contribution in [0.15, 0.2) is 0 Å². The highest BCUT2D eigenvalue weighted by molar-refractivity contribution is 4.52. The molecule has 0 saturated heterocycles. The Kier molecular flexibility index (Phi) is 43.8. The second-order valence-electron chi connectivity index (χ2n) is 13.5. The second-order valence-corrected chi connectivity index (χ2v) is 13.5. The van der Waals surface area contributed by atoms with Crippen molar-refractivity contribution < 1.29 is 20.4 Å². The molecule has 0 aromatic rings. The average Bonchev–Trinajstić information content (AvgIpc) is 2.98. The Morgan fingerprint density at radius 2 is 0.372 bits per heavy atom. The molecule has 0 heterocycles. The molecule has 0 spiro atoms. The SMILES string of the molecule is CCCCCCCCCCCCCCCCCCC(O)O.CCCCCCCCCCCCCCCCCCCC(O)O. The van der Waals surface area contributed by atoms with Crippen LogP contribution in [0.5, 0.6) is 0 Å². The molecule has 0 atom stereocenters. The van der Waals surface area contributed by atoms with E-state index in [2.05, 4.69) is 13.8 Å². The third kappa shape index (κ3) is 48.9. The normalized spacial score (nSPS) is 11.4. The summed E-state index contributed by atoms with van der Waals surface area (Å²) in [5.41, 5.74) is 0. The minimum absolute atomic E-state index is 0.540. The van der Waals surface area contributed by atoms with Gasteiger partial charge in [0, 0.05) is 0 Å². The largest absolute Gasteiger partial charge is 0.368 e. The standard InChI is InChI=1S/C20H42O2.C19H40O2/c1-2-3-4-5-6-7-8-9-10-11-12-13-14-15-16-17-18-19-20(21)22;1-2-3-4-5-6-7-8-9-10-11-12-13-14-15-16-17-18-19(20)21/h20-22H,2-19H2,1H3;19-21H,2-18H2,1H3. The van der Waals surface area contributed by atoms with E-state index in [-0.39, 0.29) is 0 Å². The van der Waals surface area contributed by atoms with E-state index in [1.165, 1.54) is 186 Å². The number of rotatable bonds is 35. The van der Waals surface area contributed by atoms with Crippen molar-refractivity contribution in [2.75, 3.05) is 0 Å². The van der Waals surface area contributed by atoms with Crippen LogP contribution in [0.25, 0.3) is 0 Å². The highest BCUT2D eigenvalue weighted by Gasteiger charge is 1.99. The van der Waals surface area contributed by atoms with Gasteiger partial charge in [0.25, 0.3) is 0 Å². The summed E-state index contributed by atoms with van der Waals surface area (Å²) < 4.78 is 0. The predicted molar refractivity (Wildman–Crippen MR) is 189 cm³/mol. The van der Waals surface area contributed by atoms with Crippen LogP contribution in [0.1, 0.15) is 239 Å². The maximum atomic E-state index is 8.73. The summed E-state index contributed by atoms with van der Waals surface area (Å²) in [6.07, 6.45) is 43.7. The fourth-order valence-electron chi connectivity index (χ4n) is 5.93. The molecule has 0 unspecified atom stereocenters. The van der Waals surface area contributed by atoms with E-state index < -0.39 is 12.6 Å². The minimum Gasteiger partial charge on any atom is -0.368 e. The van der Waals surface area contributed by atoms with Crippen molar-refractivity contribution in [3.63, 3.8) is 0 Å². The van der Waals surface area contributed by atoms with Crippen LogP contribution in [0, 0.1) is 0 Å². The van der Waals surface area contributed by atoms with E-state index >= 15 is 0 Å². The summed E-state index contributed by atoms with van der Waals surface area (Å²) >= 11 is 0. The topological polar surface area (TPSA) is 80.9 Å². The lowest BCUT2D eigenvalue weighted by atomic mass is 10.0. The summed E-state index contributed by atoms with van der Waals surface area (Å²) in [6, 6.07) is 0. The second kappa shape index (κ2) is 41.8. The van der Waals surface area contributed by atoms with Crippen LogP contribution < -0.4 is 0 Å². The van der Waals surface area contributed by atoms with E-state index in [4.69, 9.17) is 20.4 Å². The maximum absolute atomic E-state index is 8.73. The van der Waals surface area contributed by atoms with Gasteiger partial charge in [0.1, 0.15) is 0 Å². The molecule has 0 aliphatic heterocycles. The fourth-order valence-corrected chi connectivity index (χ4v) is 5.93. The zero-order valence-corrected chi connectivity index (χ0v) is 29.7. The Morgan fingerprint density at radius 3 is 0.512 bits per heavy atom. The number of unbranched alkanes of at least 4 members (excludes halogenated alkanes) is 31. The first-order valence-electron chi connectivity index (χ1n) is 19.8. The smallest absolute Gasteiger partial charge is 0.151 e. The lowest BCUT2D eigenvalue weighted by molar-refractivity contribution is -0.0472. The van der Waals surface area contributed by atoms with E-state index in [9.17, 15) is 0 Å². The van der Waals surface area contributed by atoms with Gasteiger partial charge in [-0.05, 0) is 25.7 Å². The predicted octanol–water partition coefficient (Wildman–Crippen LogP) is 12.3. The van der Waals surface area contributed by atoms with Gasteiger partial charge in [0.15, 0.2) is 12.6 Å². The molecule has 0 rings (SSSR count). The Labute approximate surface area is 271 Å². The summed E-state index contributed by atoms with van der Waals surface area (Å²) in [7, 11) is 0. The van der Waals surface area contributed by atoms with Gasteiger partial charge in [0.2, 0.25) is 0 Å². The van der Waals surface area contributed by atoms with Gasteiger partial charge in [-0.2, -0.15) is 0 Å². The zero-order chi connectivity index (χ0) is 31.9. The molecule has 43 heavy (non-hydrogen) atoms. The first-order valence-corrected chi connectivity index (χ1v) is 19.8. The van der Waals surface area contributed by atoms with E-state index in [0.717, 1.165) is 25.7 Å². The monoisotopic (exact) mass is 615 g/mol. The first kappa shape index (κ1) is 45.0. The summed E-state index contributed by atoms with van der Waals surface area (Å²) in [4.78, 5) is 0. The molecule has 0 aromatic heterocycles. The molecule has 0 radical (unpaired) electrons. The van der Waals surface area contributed by atoms with Gasteiger partial charge in [-0.15, -0.1) is 0 Å². The van der Waals surface area contributed by atoms with Crippen LogP contribution in [-0.4, -0.2) is 33.0 Å². The zero-order valence-electron chi connectivity index (χ0n) is 29.7. The van der Waals surface area contributed by atoms with Crippen molar-refractivity contribution in [3.05, 3.63) is 0 Å². The van der Waals surface area contributed by atoms with Crippen molar-refractivity contribution in [1.29, 1.82) is 0 Å². The quantitative estimate of drug-likeness (QED) is 0.0423. The molecular formula is C39H82O4. The van der Waals surface area contributed by atoms with E-state index in [0.29, 0.717) is 12.8 Å². The summed E-state index contributed by atoms with van der Waals surface area (Å²) in [5.74, 6) is 0. The molecule has 4 N–H and O–H groups in total. The molecular weight excluding hydrogens is 532 g/mol. The van der Waals surface area contributed by atoms with E-state index in [1.807, 2.05) is 0 Å². The van der Waals surface area contributed by atoms with Crippen molar-refractivity contribution in [2.45, 2.75) is 251 Å². The molecule has 0 amide bonds. The van der Waals surface area contributed by atoms with Crippen molar-refractivity contribution in [1.82, 2.24) is 0 Å². The molecule has 4 nitrogen and oxygen atoms in total. The van der Waals surface area contributed by atoms with Crippen LogP contribution in [0.3, 0.4) is 0 Å². The molecule has 0 aromatic carbocycles. The first-order chi connectivity index (χ1) is 21.0.